The fraction of sp³-hybridized carbons (Fsp3) is 0.714. The van der Waals surface area contributed by atoms with Crippen molar-refractivity contribution < 1.29 is 19.1 Å². The summed E-state index contributed by atoms with van der Waals surface area (Å²) in [6.07, 6.45) is 0. The van der Waals surface area contributed by atoms with Gasteiger partial charge < -0.3 is 9.47 Å². The van der Waals surface area contributed by atoms with Gasteiger partial charge in [0.15, 0.2) is 11.2 Å². The quantitative estimate of drug-likeness (QED) is 0.275. The fourth-order valence-corrected chi connectivity index (χ4v) is 0.528. The summed E-state index contributed by atoms with van der Waals surface area (Å²) in [6, 6.07) is 0. The summed E-state index contributed by atoms with van der Waals surface area (Å²) in [6.45, 7) is 1.65. The third-order valence-electron chi connectivity index (χ3n) is 1.10. The molecule has 1 atom stereocenters. The first-order chi connectivity index (χ1) is 5.59. The number of halogens is 1. The van der Waals surface area contributed by atoms with Crippen LogP contribution in [0.1, 0.15) is 6.92 Å². The molecule has 0 spiro atoms. The largest absolute Gasteiger partial charge is 0.462 e. The summed E-state index contributed by atoms with van der Waals surface area (Å²) in [5, 5.41) is -1.19. The van der Waals surface area contributed by atoms with Crippen LogP contribution in [0.3, 0.4) is 0 Å². The molecule has 0 aromatic heterocycles. The summed E-state index contributed by atoms with van der Waals surface area (Å²) in [4.78, 5) is 21.4. The molecule has 0 heterocycles. The highest BCUT2D eigenvalue weighted by molar-refractivity contribution is 6.40. The van der Waals surface area contributed by atoms with Crippen LogP contribution in [0.4, 0.5) is 0 Å². The minimum absolute atomic E-state index is 0.117. The van der Waals surface area contributed by atoms with Gasteiger partial charge in [0.2, 0.25) is 0 Å². The van der Waals surface area contributed by atoms with Crippen molar-refractivity contribution in [2.75, 3.05) is 20.3 Å². The van der Waals surface area contributed by atoms with Crippen LogP contribution in [0.25, 0.3) is 0 Å². The van der Waals surface area contributed by atoms with Gasteiger partial charge in [-0.3, -0.25) is 4.79 Å². The second-order valence-electron chi connectivity index (χ2n) is 2.13. The third kappa shape index (κ3) is 4.31. The van der Waals surface area contributed by atoms with E-state index in [1.807, 2.05) is 0 Å². The van der Waals surface area contributed by atoms with Gasteiger partial charge in [-0.05, 0) is 6.92 Å². The van der Waals surface area contributed by atoms with Crippen LogP contribution < -0.4 is 0 Å². The van der Waals surface area contributed by atoms with E-state index in [0.29, 0.717) is 6.61 Å². The minimum Gasteiger partial charge on any atom is -0.462 e. The molecular formula is C7H11ClO4. The maximum absolute atomic E-state index is 10.8. The zero-order valence-corrected chi connectivity index (χ0v) is 7.76. The Balaban J connectivity index is 3.65. The highest BCUT2D eigenvalue weighted by atomic mass is 35.5. The number of hydrogen-bond acceptors (Lipinski definition) is 4. The first kappa shape index (κ1) is 11.4. The molecule has 12 heavy (non-hydrogen) atoms. The molecular weight excluding hydrogens is 184 g/mol. The maximum atomic E-state index is 10.8. The Bertz CT molecular complexity index is 169. The van der Waals surface area contributed by atoms with Gasteiger partial charge in [-0.15, -0.1) is 11.6 Å². The van der Waals surface area contributed by atoms with Crippen molar-refractivity contribution in [3.8, 4) is 0 Å². The summed E-state index contributed by atoms with van der Waals surface area (Å²) in [5.41, 5.74) is 0. The highest BCUT2D eigenvalue weighted by Gasteiger charge is 2.21. The zero-order valence-electron chi connectivity index (χ0n) is 7.00. The summed E-state index contributed by atoms with van der Waals surface area (Å²) in [7, 11) is 1.48. The molecule has 0 saturated heterocycles. The number of esters is 1. The zero-order chi connectivity index (χ0) is 9.56. The lowest BCUT2D eigenvalue weighted by Crippen LogP contribution is -2.25. The van der Waals surface area contributed by atoms with Gasteiger partial charge in [0, 0.05) is 7.11 Å². The van der Waals surface area contributed by atoms with Crippen LogP contribution in [0, 0.1) is 0 Å². The van der Waals surface area contributed by atoms with Crippen molar-refractivity contribution in [2.24, 2.45) is 0 Å². The van der Waals surface area contributed by atoms with E-state index >= 15 is 0 Å². The number of methoxy groups -OCH3 is 1. The Hall–Kier alpha value is -0.610. The van der Waals surface area contributed by atoms with Crippen molar-refractivity contribution in [1.82, 2.24) is 0 Å². The van der Waals surface area contributed by atoms with Gasteiger partial charge in [-0.2, -0.15) is 0 Å². The molecule has 0 aromatic carbocycles. The van der Waals surface area contributed by atoms with E-state index in [0.717, 1.165) is 0 Å². The van der Waals surface area contributed by atoms with Gasteiger partial charge in [-0.25, -0.2) is 4.79 Å². The Kier molecular flexibility index (Phi) is 5.66. The molecule has 0 aliphatic rings. The number of hydrogen-bond donors (Lipinski definition) is 0. The minimum atomic E-state index is -1.19. The Morgan fingerprint density at radius 1 is 1.42 bits per heavy atom. The van der Waals surface area contributed by atoms with E-state index in [1.165, 1.54) is 14.0 Å². The lowest BCUT2D eigenvalue weighted by molar-refractivity contribution is -0.146. The maximum Gasteiger partial charge on any atom is 0.331 e. The summed E-state index contributed by atoms with van der Waals surface area (Å²) < 4.78 is 9.22. The van der Waals surface area contributed by atoms with Crippen molar-refractivity contribution >= 4 is 23.4 Å². The average molecular weight is 195 g/mol. The van der Waals surface area contributed by atoms with Crippen molar-refractivity contribution in [1.29, 1.82) is 0 Å². The van der Waals surface area contributed by atoms with Gasteiger partial charge in [-0.1, -0.05) is 0 Å². The second kappa shape index (κ2) is 5.97. The van der Waals surface area contributed by atoms with E-state index in [1.54, 1.807) is 0 Å². The second-order valence-corrected chi connectivity index (χ2v) is 2.57. The molecule has 70 valence electrons. The third-order valence-corrected chi connectivity index (χ3v) is 1.58. The monoisotopic (exact) mass is 194 g/mol. The molecule has 0 N–H and O–H groups in total. The molecule has 0 aliphatic heterocycles. The topological polar surface area (TPSA) is 52.6 Å². The smallest absolute Gasteiger partial charge is 0.331 e. The predicted molar refractivity (Wildman–Crippen MR) is 43.2 cm³/mol. The first-order valence-corrected chi connectivity index (χ1v) is 3.83. The summed E-state index contributed by atoms with van der Waals surface area (Å²) in [5.74, 6) is -1.14. The van der Waals surface area contributed by atoms with Gasteiger partial charge in [0.1, 0.15) is 6.61 Å². The molecule has 0 aliphatic carbocycles. The molecule has 0 aromatic rings. The standard InChI is InChI=1S/C7H11ClO4/c1-5(9)6(8)7(10)12-4-3-11-2/h6H,3-4H2,1-2H3. The van der Waals surface area contributed by atoms with Crippen molar-refractivity contribution in [2.45, 2.75) is 12.3 Å². The van der Waals surface area contributed by atoms with E-state index in [2.05, 4.69) is 9.47 Å². The number of carbonyl (C=O) groups is 2. The van der Waals surface area contributed by atoms with E-state index in [4.69, 9.17) is 11.6 Å². The predicted octanol–water partition coefficient (Wildman–Crippen LogP) is 0.372. The highest BCUT2D eigenvalue weighted by Crippen LogP contribution is 1.99. The van der Waals surface area contributed by atoms with E-state index in [9.17, 15) is 9.59 Å². The van der Waals surface area contributed by atoms with Gasteiger partial charge in [0.05, 0.1) is 6.61 Å². The average Bonchev–Trinajstić information content (AvgIpc) is 2.03. The summed E-state index contributed by atoms with van der Waals surface area (Å²) >= 11 is 5.38. The van der Waals surface area contributed by atoms with Crippen LogP contribution >= 0.6 is 11.6 Å². The molecule has 0 rings (SSSR count). The molecule has 4 nitrogen and oxygen atoms in total. The number of ether oxygens (including phenoxy) is 2. The first-order valence-electron chi connectivity index (χ1n) is 3.39. The number of ketones is 1. The van der Waals surface area contributed by atoms with Crippen LogP contribution in [-0.4, -0.2) is 37.5 Å². The van der Waals surface area contributed by atoms with Gasteiger partial charge in [0.25, 0.3) is 0 Å². The fourth-order valence-electron chi connectivity index (χ4n) is 0.465. The molecule has 0 bridgehead atoms. The molecule has 0 saturated carbocycles. The Morgan fingerprint density at radius 2 is 2.00 bits per heavy atom. The van der Waals surface area contributed by atoms with Crippen LogP contribution in [0.2, 0.25) is 0 Å². The number of carbonyl (C=O) groups excluding carboxylic acids is 2. The SMILES string of the molecule is COCCOC(=O)C(Cl)C(C)=O. The lowest BCUT2D eigenvalue weighted by Gasteiger charge is -2.05. The van der Waals surface area contributed by atoms with Crippen molar-refractivity contribution in [3.63, 3.8) is 0 Å². The number of rotatable bonds is 5. The molecule has 5 heteroatoms. The van der Waals surface area contributed by atoms with Gasteiger partial charge >= 0.3 is 5.97 Å². The van der Waals surface area contributed by atoms with Crippen LogP contribution in [0.15, 0.2) is 0 Å². The van der Waals surface area contributed by atoms with Crippen LogP contribution in [0.5, 0.6) is 0 Å². The molecule has 0 fully saturated rings. The van der Waals surface area contributed by atoms with E-state index in [-0.39, 0.29) is 6.61 Å². The lowest BCUT2D eigenvalue weighted by atomic mass is 10.3. The Morgan fingerprint density at radius 3 is 2.42 bits per heavy atom. The number of Topliss-reactive ketones (excluding diaryl/α,β-unsaturated/α-hetero) is 1. The molecule has 0 amide bonds. The van der Waals surface area contributed by atoms with Crippen LogP contribution in [-0.2, 0) is 19.1 Å². The number of alkyl halides is 1. The van der Waals surface area contributed by atoms with E-state index < -0.39 is 17.1 Å². The van der Waals surface area contributed by atoms with Crippen molar-refractivity contribution in [3.05, 3.63) is 0 Å². The Labute approximate surface area is 75.8 Å². The molecule has 0 radical (unpaired) electrons. The normalized spacial score (nSPS) is 12.2. The molecule has 1 unspecified atom stereocenters.